The fourth-order valence-electron chi connectivity index (χ4n) is 0.469. The number of halogens is 2. The Bertz CT molecular complexity index is 191. The molecule has 0 atom stereocenters. The summed E-state index contributed by atoms with van der Waals surface area (Å²) in [5, 5.41) is 5.10. The van der Waals surface area contributed by atoms with Crippen molar-refractivity contribution < 1.29 is 0 Å². The number of thioether (sulfide) groups is 1. The molecule has 0 aliphatic carbocycles. The molecule has 6 heteroatoms. The molecule has 0 fully saturated rings. The van der Waals surface area contributed by atoms with Gasteiger partial charge in [-0.2, -0.15) is 0 Å². The van der Waals surface area contributed by atoms with Gasteiger partial charge in [-0.25, -0.2) is 0 Å². The Labute approximate surface area is 73.1 Å². The molecule has 0 aromatic heterocycles. The van der Waals surface area contributed by atoms with Gasteiger partial charge in [0.25, 0.3) is 0 Å². The summed E-state index contributed by atoms with van der Waals surface area (Å²) in [6.45, 7) is 0. The molecule has 0 saturated carbocycles. The molecule has 1 N–H and O–H groups in total. The largest absolute Gasteiger partial charge is 0.256 e. The minimum Gasteiger partial charge on any atom is -0.256 e. The van der Waals surface area contributed by atoms with Crippen LogP contribution in [0.5, 0.6) is 0 Å². The van der Waals surface area contributed by atoms with Crippen LogP contribution in [0.4, 0.5) is 0 Å². The average Bonchev–Trinajstić information content (AvgIpc) is 1.85. The summed E-state index contributed by atoms with van der Waals surface area (Å²) in [5.41, 5.74) is 2.57. The summed E-state index contributed by atoms with van der Waals surface area (Å²) in [7, 11) is 0. The van der Waals surface area contributed by atoms with Crippen molar-refractivity contribution in [1.82, 2.24) is 10.1 Å². The number of nitrogens with one attached hydrogen (secondary N) is 1. The molecule has 1 aliphatic heterocycles. The average molecular weight is 198 g/mol. The maximum absolute atomic E-state index is 5.61. The zero-order valence-corrected chi connectivity index (χ0v) is 7.46. The Hall–Kier alpha value is -0.0600. The van der Waals surface area contributed by atoms with E-state index in [0.29, 0.717) is 5.16 Å². The van der Waals surface area contributed by atoms with Crippen LogP contribution in [0.2, 0.25) is 0 Å². The van der Waals surface area contributed by atoms with Crippen LogP contribution in [0.3, 0.4) is 0 Å². The lowest BCUT2D eigenvalue weighted by atomic mass is 10.6. The molecule has 0 bridgehead atoms. The molecule has 56 valence electrons. The molecular weight excluding hydrogens is 193 g/mol. The molecular formula is C4H5Cl2N3S. The smallest absolute Gasteiger partial charge is 0.126 e. The highest BCUT2D eigenvalue weighted by Gasteiger charge is 2.07. The number of rotatable bonds is 0. The van der Waals surface area contributed by atoms with Crippen LogP contribution in [0.15, 0.2) is 16.3 Å². The van der Waals surface area contributed by atoms with Gasteiger partial charge in [-0.1, -0.05) is 11.6 Å². The second-order valence-corrected chi connectivity index (χ2v) is 3.06. The van der Waals surface area contributed by atoms with Gasteiger partial charge in [0.05, 0.1) is 11.8 Å². The van der Waals surface area contributed by atoms with E-state index in [1.54, 1.807) is 6.08 Å². The molecule has 0 spiro atoms. The lowest BCUT2D eigenvalue weighted by molar-refractivity contribution is 0.407. The summed E-state index contributed by atoms with van der Waals surface area (Å²) >= 11 is 12.6. The lowest BCUT2D eigenvalue weighted by Gasteiger charge is -2.16. The standard InChI is InChI=1S/C4H5Cl2N3S/c1-10-4-2-3(5)7-9(6)8-4/h2,7H,1H3. The van der Waals surface area contributed by atoms with E-state index in [1.165, 1.54) is 11.8 Å². The molecule has 1 heterocycles. The lowest BCUT2D eigenvalue weighted by Crippen LogP contribution is -2.26. The third-order valence-corrected chi connectivity index (χ3v) is 1.82. The first-order chi connectivity index (χ1) is 4.72. The van der Waals surface area contributed by atoms with E-state index >= 15 is 0 Å². The zero-order valence-electron chi connectivity index (χ0n) is 5.14. The van der Waals surface area contributed by atoms with E-state index < -0.39 is 0 Å². The van der Waals surface area contributed by atoms with Crippen LogP contribution in [-0.4, -0.2) is 15.9 Å². The summed E-state index contributed by atoms with van der Waals surface area (Å²) in [4.78, 5) is 0. The van der Waals surface area contributed by atoms with Crippen molar-refractivity contribution in [3.8, 4) is 0 Å². The third kappa shape index (κ3) is 1.97. The number of hydrazine groups is 1. The van der Waals surface area contributed by atoms with Crippen molar-refractivity contribution in [1.29, 1.82) is 0 Å². The molecule has 0 unspecified atom stereocenters. The predicted octanol–water partition coefficient (Wildman–Crippen LogP) is 1.72. The summed E-state index contributed by atoms with van der Waals surface area (Å²) in [6.07, 6.45) is 3.60. The second-order valence-electron chi connectivity index (χ2n) is 1.51. The minimum absolute atomic E-state index is 0.467. The molecule has 10 heavy (non-hydrogen) atoms. The van der Waals surface area contributed by atoms with Crippen molar-refractivity contribution in [3.63, 3.8) is 0 Å². The van der Waals surface area contributed by atoms with Crippen molar-refractivity contribution in [2.75, 3.05) is 6.26 Å². The van der Waals surface area contributed by atoms with Gasteiger partial charge in [0.1, 0.15) is 10.2 Å². The van der Waals surface area contributed by atoms with Gasteiger partial charge in [0.15, 0.2) is 0 Å². The van der Waals surface area contributed by atoms with Gasteiger partial charge in [0, 0.05) is 6.08 Å². The van der Waals surface area contributed by atoms with Gasteiger partial charge in [-0.15, -0.1) is 21.5 Å². The summed E-state index contributed by atoms with van der Waals surface area (Å²) < 4.78 is 1.05. The third-order valence-electron chi connectivity index (χ3n) is 0.845. The summed E-state index contributed by atoms with van der Waals surface area (Å²) in [5.74, 6) is 0. The van der Waals surface area contributed by atoms with Crippen LogP contribution in [0.1, 0.15) is 0 Å². The molecule has 1 aliphatic rings. The first-order valence-corrected chi connectivity index (χ1v) is 4.39. The van der Waals surface area contributed by atoms with Gasteiger partial charge >= 0.3 is 0 Å². The Morgan fingerprint density at radius 3 is 3.00 bits per heavy atom. The Kier molecular flexibility index (Phi) is 2.71. The molecule has 3 nitrogen and oxygen atoms in total. The molecule has 0 saturated heterocycles. The molecule has 0 amide bonds. The number of hydrogen-bond acceptors (Lipinski definition) is 4. The van der Waals surface area contributed by atoms with E-state index in [4.69, 9.17) is 23.4 Å². The topological polar surface area (TPSA) is 27.6 Å². The van der Waals surface area contributed by atoms with Crippen LogP contribution in [0.25, 0.3) is 0 Å². The minimum atomic E-state index is 0.467. The van der Waals surface area contributed by atoms with E-state index in [-0.39, 0.29) is 0 Å². The Morgan fingerprint density at radius 2 is 2.50 bits per heavy atom. The van der Waals surface area contributed by atoms with Crippen molar-refractivity contribution in [2.45, 2.75) is 0 Å². The maximum Gasteiger partial charge on any atom is 0.126 e. The SMILES string of the molecule is CSC1=NN(Cl)NC(Cl)=C1. The van der Waals surface area contributed by atoms with Crippen LogP contribution < -0.4 is 5.43 Å². The highest BCUT2D eigenvalue weighted by atomic mass is 35.5. The van der Waals surface area contributed by atoms with E-state index in [9.17, 15) is 0 Å². The quantitative estimate of drug-likeness (QED) is 0.474. The molecule has 0 aromatic carbocycles. The predicted molar refractivity (Wildman–Crippen MR) is 45.7 cm³/mol. The van der Waals surface area contributed by atoms with Crippen LogP contribution in [-0.2, 0) is 0 Å². The van der Waals surface area contributed by atoms with Crippen molar-refractivity contribution in [2.24, 2.45) is 5.10 Å². The maximum atomic E-state index is 5.61. The highest BCUT2D eigenvalue weighted by Crippen LogP contribution is 2.12. The fourth-order valence-corrected chi connectivity index (χ4v) is 1.38. The normalized spacial score (nSPS) is 17.7. The van der Waals surface area contributed by atoms with Crippen LogP contribution >= 0.6 is 35.1 Å². The number of hydrazone groups is 1. The van der Waals surface area contributed by atoms with Gasteiger partial charge < -0.3 is 0 Å². The van der Waals surface area contributed by atoms with E-state index in [1.807, 2.05) is 6.26 Å². The van der Waals surface area contributed by atoms with Gasteiger partial charge in [-0.3, -0.25) is 5.43 Å². The van der Waals surface area contributed by atoms with E-state index in [0.717, 1.165) is 9.68 Å². The van der Waals surface area contributed by atoms with Crippen molar-refractivity contribution in [3.05, 3.63) is 11.2 Å². The Morgan fingerprint density at radius 1 is 1.80 bits per heavy atom. The van der Waals surface area contributed by atoms with Crippen molar-refractivity contribution >= 4 is 40.2 Å². The van der Waals surface area contributed by atoms with E-state index in [2.05, 4.69) is 10.5 Å². The molecule has 0 aromatic rings. The first-order valence-electron chi connectivity index (χ1n) is 2.44. The first kappa shape index (κ1) is 8.04. The summed E-state index contributed by atoms with van der Waals surface area (Å²) in [6, 6.07) is 0. The zero-order chi connectivity index (χ0) is 7.56. The number of nitrogens with zero attached hydrogens (tertiary/aromatic N) is 2. The fraction of sp³-hybridized carbons (Fsp3) is 0.250. The molecule has 0 radical (unpaired) electrons. The van der Waals surface area contributed by atoms with Gasteiger partial charge in [0.2, 0.25) is 0 Å². The highest BCUT2D eigenvalue weighted by molar-refractivity contribution is 8.13. The monoisotopic (exact) mass is 197 g/mol. The van der Waals surface area contributed by atoms with Crippen LogP contribution in [0, 0.1) is 0 Å². The molecule has 1 rings (SSSR count). The number of hydrogen-bond donors (Lipinski definition) is 1. The Balaban J connectivity index is 2.72. The second kappa shape index (κ2) is 3.37. The van der Waals surface area contributed by atoms with Gasteiger partial charge in [-0.05, 0) is 6.26 Å².